The molecule has 0 saturated heterocycles. The lowest BCUT2D eigenvalue weighted by Gasteiger charge is -2.59. The van der Waals surface area contributed by atoms with Crippen LogP contribution in [-0.2, 0) is 0 Å². The molecule has 2 fully saturated rings. The van der Waals surface area contributed by atoms with Gasteiger partial charge in [-0.25, -0.2) is 4.98 Å². The lowest BCUT2D eigenvalue weighted by atomic mass is 9.45. The summed E-state index contributed by atoms with van der Waals surface area (Å²) < 4.78 is 5.69. The summed E-state index contributed by atoms with van der Waals surface area (Å²) >= 11 is 0. The number of hydrogen-bond acceptors (Lipinski definition) is 3. The zero-order valence-corrected chi connectivity index (χ0v) is 16.2. The monoisotopic (exact) mass is 353 g/mol. The highest BCUT2D eigenvalue weighted by Crippen LogP contribution is 2.67. The van der Waals surface area contributed by atoms with Crippen LogP contribution in [-0.4, -0.2) is 16.2 Å². The quantitative estimate of drug-likeness (QED) is 0.703. The standard InChI is InChI=1S/C23H31NO2/c1-14-12-15-13-16(25)6-8-22(15,2)18-7-9-23(3)17(20(14)18)4-5-19(23)21-24-10-11-26-21/h5,10-12,14,16-18,20,25H,4,6-9,13H2,1-3H3/t14-,16-,17-,18-,20-,22-,23-/m0/s1. The van der Waals surface area contributed by atoms with E-state index in [-0.39, 0.29) is 11.5 Å². The molecular weight excluding hydrogens is 322 g/mol. The van der Waals surface area contributed by atoms with Gasteiger partial charge in [0.1, 0.15) is 6.26 Å². The molecule has 26 heavy (non-hydrogen) atoms. The predicted octanol–water partition coefficient (Wildman–Crippen LogP) is 5.24. The molecule has 1 heterocycles. The maximum atomic E-state index is 10.2. The summed E-state index contributed by atoms with van der Waals surface area (Å²) in [5.41, 5.74) is 3.38. The fourth-order valence-corrected chi connectivity index (χ4v) is 7.26. The Hall–Kier alpha value is -1.35. The predicted molar refractivity (Wildman–Crippen MR) is 102 cm³/mol. The molecule has 0 amide bonds. The smallest absolute Gasteiger partial charge is 0.221 e. The molecule has 4 aliphatic rings. The number of aliphatic hydroxyl groups excluding tert-OH is 1. The van der Waals surface area contributed by atoms with Crippen molar-refractivity contribution in [3.63, 3.8) is 0 Å². The zero-order valence-electron chi connectivity index (χ0n) is 16.2. The molecule has 5 rings (SSSR count). The molecule has 140 valence electrons. The van der Waals surface area contributed by atoms with Gasteiger partial charge < -0.3 is 9.52 Å². The van der Waals surface area contributed by atoms with Gasteiger partial charge in [-0.3, -0.25) is 0 Å². The van der Waals surface area contributed by atoms with E-state index in [4.69, 9.17) is 4.42 Å². The van der Waals surface area contributed by atoms with Crippen molar-refractivity contribution in [2.45, 2.75) is 65.4 Å². The molecule has 0 spiro atoms. The van der Waals surface area contributed by atoms with E-state index in [1.54, 1.807) is 18.0 Å². The molecule has 1 N–H and O–H groups in total. The van der Waals surface area contributed by atoms with E-state index < -0.39 is 0 Å². The van der Waals surface area contributed by atoms with E-state index in [9.17, 15) is 5.11 Å². The first-order valence-electron chi connectivity index (χ1n) is 10.4. The van der Waals surface area contributed by atoms with E-state index in [1.165, 1.54) is 18.4 Å². The summed E-state index contributed by atoms with van der Waals surface area (Å²) in [6.07, 6.45) is 15.0. The molecule has 0 aromatic carbocycles. The molecular formula is C23H31NO2. The number of allylic oxidation sites excluding steroid dienone is 3. The van der Waals surface area contributed by atoms with Gasteiger partial charge in [-0.1, -0.05) is 38.5 Å². The van der Waals surface area contributed by atoms with Crippen molar-refractivity contribution in [2.75, 3.05) is 0 Å². The Morgan fingerprint density at radius 1 is 1.15 bits per heavy atom. The van der Waals surface area contributed by atoms with Crippen LogP contribution in [0.3, 0.4) is 0 Å². The second kappa shape index (κ2) is 5.58. The maximum Gasteiger partial charge on any atom is 0.221 e. The van der Waals surface area contributed by atoms with Crippen molar-refractivity contribution >= 4 is 5.57 Å². The summed E-state index contributed by atoms with van der Waals surface area (Å²) in [7, 11) is 0. The Morgan fingerprint density at radius 2 is 1.96 bits per heavy atom. The van der Waals surface area contributed by atoms with Crippen LogP contribution < -0.4 is 0 Å². The van der Waals surface area contributed by atoms with Gasteiger partial charge in [0.2, 0.25) is 5.89 Å². The number of aliphatic hydroxyl groups is 1. The molecule has 0 radical (unpaired) electrons. The minimum absolute atomic E-state index is 0.128. The van der Waals surface area contributed by atoms with Crippen LogP contribution in [0.4, 0.5) is 0 Å². The van der Waals surface area contributed by atoms with Crippen LogP contribution in [0, 0.1) is 34.5 Å². The zero-order chi connectivity index (χ0) is 18.1. The number of fused-ring (bicyclic) bond motifs is 5. The Balaban J connectivity index is 1.52. The van der Waals surface area contributed by atoms with Gasteiger partial charge in [-0.15, -0.1) is 0 Å². The third-order valence-corrected chi connectivity index (χ3v) is 8.65. The molecule has 0 aliphatic heterocycles. The molecule has 0 unspecified atom stereocenters. The second-order valence-corrected chi connectivity index (χ2v) is 9.80. The molecule has 2 saturated carbocycles. The van der Waals surface area contributed by atoms with Crippen molar-refractivity contribution in [1.82, 2.24) is 4.98 Å². The van der Waals surface area contributed by atoms with Crippen molar-refractivity contribution in [3.05, 3.63) is 36.1 Å². The Kier molecular flexibility index (Phi) is 3.60. The molecule has 1 aromatic rings. The normalized spacial score (nSPS) is 47.5. The van der Waals surface area contributed by atoms with E-state index in [1.807, 2.05) is 0 Å². The van der Waals surface area contributed by atoms with Gasteiger partial charge in [0.25, 0.3) is 0 Å². The summed E-state index contributed by atoms with van der Waals surface area (Å²) in [4.78, 5) is 4.47. The lowest BCUT2D eigenvalue weighted by Crippen LogP contribution is -2.52. The number of rotatable bonds is 1. The first kappa shape index (κ1) is 16.8. The van der Waals surface area contributed by atoms with Gasteiger partial charge in [0.15, 0.2) is 0 Å². The van der Waals surface area contributed by atoms with Crippen LogP contribution in [0.2, 0.25) is 0 Å². The van der Waals surface area contributed by atoms with Crippen LogP contribution in [0.1, 0.15) is 65.2 Å². The first-order valence-corrected chi connectivity index (χ1v) is 10.4. The van der Waals surface area contributed by atoms with E-state index >= 15 is 0 Å². The van der Waals surface area contributed by atoms with Gasteiger partial charge >= 0.3 is 0 Å². The van der Waals surface area contributed by atoms with Crippen molar-refractivity contribution in [3.8, 4) is 0 Å². The van der Waals surface area contributed by atoms with E-state index in [0.29, 0.717) is 17.3 Å². The second-order valence-electron chi connectivity index (χ2n) is 9.80. The fraction of sp³-hybridized carbons (Fsp3) is 0.696. The number of aromatic nitrogens is 1. The molecule has 0 bridgehead atoms. The Labute approximate surface area is 156 Å². The highest BCUT2D eigenvalue weighted by Gasteiger charge is 2.58. The summed E-state index contributed by atoms with van der Waals surface area (Å²) in [6, 6.07) is 0. The van der Waals surface area contributed by atoms with Crippen LogP contribution in [0.5, 0.6) is 0 Å². The van der Waals surface area contributed by atoms with E-state index in [2.05, 4.69) is 37.9 Å². The van der Waals surface area contributed by atoms with Crippen molar-refractivity contribution in [1.29, 1.82) is 0 Å². The molecule has 4 aliphatic carbocycles. The SMILES string of the molecule is C[C@H]1C=C2C[C@@H](O)CC[C@]2(C)[C@H]2CC[C@]3(C)C(c4ncco4)=CC[C@H]3[C@H]12. The Morgan fingerprint density at radius 3 is 2.73 bits per heavy atom. The average molecular weight is 354 g/mol. The highest BCUT2D eigenvalue weighted by molar-refractivity contribution is 5.67. The largest absolute Gasteiger partial charge is 0.445 e. The van der Waals surface area contributed by atoms with E-state index in [0.717, 1.165) is 43.4 Å². The molecule has 3 heteroatoms. The number of hydrogen-bond donors (Lipinski definition) is 1. The van der Waals surface area contributed by atoms with Gasteiger partial charge in [0, 0.05) is 11.0 Å². The minimum Gasteiger partial charge on any atom is -0.445 e. The topological polar surface area (TPSA) is 46.3 Å². The van der Waals surface area contributed by atoms with Crippen LogP contribution >= 0.6 is 0 Å². The number of nitrogens with zero attached hydrogens (tertiary/aromatic N) is 1. The third-order valence-electron chi connectivity index (χ3n) is 8.65. The third kappa shape index (κ3) is 2.13. The van der Waals surface area contributed by atoms with Crippen molar-refractivity contribution < 1.29 is 9.52 Å². The van der Waals surface area contributed by atoms with Gasteiger partial charge in [-0.2, -0.15) is 0 Å². The van der Waals surface area contributed by atoms with Gasteiger partial charge in [-0.05, 0) is 67.6 Å². The van der Waals surface area contributed by atoms with Crippen molar-refractivity contribution in [2.24, 2.45) is 34.5 Å². The molecule has 3 nitrogen and oxygen atoms in total. The lowest BCUT2D eigenvalue weighted by molar-refractivity contribution is -0.0429. The first-order chi connectivity index (χ1) is 12.4. The molecule has 7 atom stereocenters. The Bertz CT molecular complexity index is 763. The summed E-state index contributed by atoms with van der Waals surface area (Å²) in [5, 5.41) is 10.2. The maximum absolute atomic E-state index is 10.2. The minimum atomic E-state index is -0.128. The van der Waals surface area contributed by atoms with Crippen LogP contribution in [0.15, 0.2) is 34.6 Å². The molecule has 1 aromatic heterocycles. The fourth-order valence-electron chi connectivity index (χ4n) is 7.26. The highest BCUT2D eigenvalue weighted by atomic mass is 16.3. The number of oxazole rings is 1. The van der Waals surface area contributed by atoms with Crippen LogP contribution in [0.25, 0.3) is 5.57 Å². The average Bonchev–Trinajstić information content (AvgIpc) is 3.23. The summed E-state index contributed by atoms with van der Waals surface area (Å²) in [5.74, 6) is 3.58. The van der Waals surface area contributed by atoms with Gasteiger partial charge in [0.05, 0.1) is 12.3 Å². The summed E-state index contributed by atoms with van der Waals surface area (Å²) in [6.45, 7) is 7.37.